The minimum Gasteiger partial charge on any atom is -0.367 e. The van der Waals surface area contributed by atoms with Crippen LogP contribution in [0, 0.1) is 10.1 Å². The molecule has 0 radical (unpaired) electrons. The summed E-state index contributed by atoms with van der Waals surface area (Å²) in [7, 11) is 0. The number of pyridine rings is 1. The summed E-state index contributed by atoms with van der Waals surface area (Å²) < 4.78 is 0. The predicted octanol–water partition coefficient (Wildman–Crippen LogP) is 1.40. The summed E-state index contributed by atoms with van der Waals surface area (Å²) >= 11 is 0. The molecule has 0 spiro atoms. The first-order valence-electron chi connectivity index (χ1n) is 8.36. The maximum absolute atomic E-state index is 11.7. The maximum atomic E-state index is 11.7. The number of nitrogens with zero attached hydrogens (tertiary/aromatic N) is 4. The highest BCUT2D eigenvalue weighted by Crippen LogP contribution is 2.32. The van der Waals surface area contributed by atoms with Gasteiger partial charge in [-0.25, -0.2) is 0 Å². The Morgan fingerprint density at radius 2 is 2.04 bits per heavy atom. The molecule has 0 aliphatic carbocycles. The maximum Gasteiger partial charge on any atom is 0.278 e. The van der Waals surface area contributed by atoms with E-state index in [4.69, 9.17) is 0 Å². The van der Waals surface area contributed by atoms with Crippen molar-refractivity contribution in [2.45, 2.75) is 6.92 Å². The van der Waals surface area contributed by atoms with Gasteiger partial charge in [0, 0.05) is 45.0 Å². The van der Waals surface area contributed by atoms with Crippen LogP contribution in [0.2, 0.25) is 0 Å². The number of hydrogen-bond acceptors (Lipinski definition) is 6. The lowest BCUT2D eigenvalue weighted by Crippen LogP contribution is -2.49. The van der Waals surface area contributed by atoms with Gasteiger partial charge in [0.1, 0.15) is 5.52 Å². The molecule has 8 heteroatoms. The van der Waals surface area contributed by atoms with E-state index in [1.807, 2.05) is 6.92 Å². The number of benzene rings is 1. The zero-order valence-electron chi connectivity index (χ0n) is 14.1. The number of aromatic nitrogens is 1. The first kappa shape index (κ1) is 17.1. The number of amides is 1. The minimum atomic E-state index is -0.377. The molecule has 132 valence electrons. The second kappa shape index (κ2) is 7.43. The van der Waals surface area contributed by atoms with Gasteiger partial charge in [-0.05, 0) is 25.1 Å². The number of carbonyl (C=O) groups excluding carboxylic acids is 1. The van der Waals surface area contributed by atoms with Crippen LogP contribution in [0.5, 0.6) is 0 Å². The number of nitro groups is 1. The van der Waals surface area contributed by atoms with Crippen LogP contribution in [0.3, 0.4) is 0 Å². The average molecular weight is 343 g/mol. The lowest BCUT2D eigenvalue weighted by Gasteiger charge is -2.36. The molecule has 0 bridgehead atoms. The Kier molecular flexibility index (Phi) is 5.08. The first-order valence-corrected chi connectivity index (χ1v) is 8.36. The molecular weight excluding hydrogens is 322 g/mol. The summed E-state index contributed by atoms with van der Waals surface area (Å²) in [6, 6.07) is 6.76. The Morgan fingerprint density at radius 3 is 2.72 bits per heavy atom. The lowest BCUT2D eigenvalue weighted by molar-refractivity contribution is -0.383. The highest BCUT2D eigenvalue weighted by molar-refractivity contribution is 5.97. The zero-order valence-corrected chi connectivity index (χ0v) is 14.1. The fourth-order valence-electron chi connectivity index (χ4n) is 3.16. The van der Waals surface area contributed by atoms with E-state index in [9.17, 15) is 14.9 Å². The van der Waals surface area contributed by atoms with Gasteiger partial charge in [-0.2, -0.15) is 0 Å². The molecule has 1 aliphatic rings. The van der Waals surface area contributed by atoms with Crippen molar-refractivity contribution in [3.63, 3.8) is 0 Å². The SMILES string of the molecule is CCNC(=O)CN1CCN(c2ccc([N+](=O)[O-])c3cccnc23)CC1. The number of non-ortho nitro benzene ring substituents is 1. The Balaban J connectivity index is 1.77. The standard InChI is InChI=1S/C17H21N5O3/c1-2-18-16(23)12-20-8-10-21(11-9-20)15-6-5-14(22(24)25)13-4-3-7-19-17(13)15/h3-7H,2,8-12H2,1H3,(H,18,23). The van der Waals surface area contributed by atoms with Crippen molar-refractivity contribution in [3.05, 3.63) is 40.6 Å². The number of fused-ring (bicyclic) bond motifs is 1. The fraction of sp³-hybridized carbons (Fsp3) is 0.412. The smallest absolute Gasteiger partial charge is 0.278 e. The van der Waals surface area contributed by atoms with Crippen molar-refractivity contribution >= 4 is 28.2 Å². The van der Waals surface area contributed by atoms with Crippen molar-refractivity contribution < 1.29 is 9.72 Å². The summed E-state index contributed by atoms with van der Waals surface area (Å²) in [4.78, 5) is 31.2. The Labute approximate surface area is 145 Å². The molecule has 2 aromatic rings. The predicted molar refractivity (Wildman–Crippen MR) is 95.7 cm³/mol. The topological polar surface area (TPSA) is 91.6 Å². The van der Waals surface area contributed by atoms with Crippen molar-refractivity contribution in [1.82, 2.24) is 15.2 Å². The van der Waals surface area contributed by atoms with Gasteiger partial charge in [-0.15, -0.1) is 0 Å². The van der Waals surface area contributed by atoms with Crippen molar-refractivity contribution in [2.75, 3.05) is 44.2 Å². The van der Waals surface area contributed by atoms with E-state index in [0.717, 1.165) is 31.9 Å². The van der Waals surface area contributed by atoms with Crippen LogP contribution in [0.1, 0.15) is 6.92 Å². The molecule has 1 fully saturated rings. The second-order valence-corrected chi connectivity index (χ2v) is 5.98. The van der Waals surface area contributed by atoms with Gasteiger partial charge in [-0.3, -0.25) is 24.8 Å². The summed E-state index contributed by atoms with van der Waals surface area (Å²) in [6.45, 7) is 5.99. The molecule has 1 aromatic heterocycles. The van der Waals surface area contributed by atoms with Gasteiger partial charge in [0.15, 0.2) is 0 Å². The molecule has 0 atom stereocenters. The third kappa shape index (κ3) is 3.69. The third-order valence-corrected chi connectivity index (χ3v) is 4.38. The molecule has 0 saturated carbocycles. The summed E-state index contributed by atoms with van der Waals surface area (Å²) in [6.07, 6.45) is 1.65. The normalized spacial score (nSPS) is 15.3. The molecule has 1 aromatic carbocycles. The second-order valence-electron chi connectivity index (χ2n) is 5.98. The highest BCUT2D eigenvalue weighted by Gasteiger charge is 2.23. The molecule has 0 unspecified atom stereocenters. The molecule has 25 heavy (non-hydrogen) atoms. The Hall–Kier alpha value is -2.74. The van der Waals surface area contributed by atoms with Crippen LogP contribution in [0.25, 0.3) is 10.9 Å². The zero-order chi connectivity index (χ0) is 17.8. The first-order chi connectivity index (χ1) is 12.1. The molecule has 1 amide bonds. The number of piperazine rings is 1. The molecule has 2 heterocycles. The summed E-state index contributed by atoms with van der Waals surface area (Å²) in [5.41, 5.74) is 1.62. The number of anilines is 1. The largest absolute Gasteiger partial charge is 0.367 e. The number of carbonyl (C=O) groups is 1. The van der Waals surface area contributed by atoms with Crippen LogP contribution >= 0.6 is 0 Å². The van der Waals surface area contributed by atoms with Gasteiger partial charge < -0.3 is 10.2 Å². The molecule has 1 aliphatic heterocycles. The van der Waals surface area contributed by atoms with Crippen LogP contribution < -0.4 is 10.2 Å². The van der Waals surface area contributed by atoms with E-state index in [-0.39, 0.29) is 16.5 Å². The van der Waals surface area contributed by atoms with Crippen molar-refractivity contribution in [2.24, 2.45) is 0 Å². The summed E-state index contributed by atoms with van der Waals surface area (Å²) in [5.74, 6) is 0.0402. The quantitative estimate of drug-likeness (QED) is 0.652. The Bertz CT molecular complexity index is 787. The van der Waals surface area contributed by atoms with Gasteiger partial charge >= 0.3 is 0 Å². The average Bonchev–Trinajstić information content (AvgIpc) is 2.61. The molecule has 1 N–H and O–H groups in total. The highest BCUT2D eigenvalue weighted by atomic mass is 16.6. The van der Waals surface area contributed by atoms with E-state index in [1.54, 1.807) is 30.5 Å². The molecule has 8 nitrogen and oxygen atoms in total. The summed E-state index contributed by atoms with van der Waals surface area (Å²) in [5, 5.41) is 14.6. The van der Waals surface area contributed by atoms with Gasteiger partial charge in [0.05, 0.1) is 22.5 Å². The number of rotatable bonds is 5. The number of nitro benzene ring substituents is 1. The van der Waals surface area contributed by atoms with E-state index in [1.165, 1.54) is 0 Å². The third-order valence-electron chi connectivity index (χ3n) is 4.38. The number of nitrogens with one attached hydrogen (secondary N) is 1. The van der Waals surface area contributed by atoms with E-state index >= 15 is 0 Å². The molecular formula is C17H21N5O3. The lowest BCUT2D eigenvalue weighted by atomic mass is 10.1. The van der Waals surface area contributed by atoms with Gasteiger partial charge in [-0.1, -0.05) is 0 Å². The van der Waals surface area contributed by atoms with E-state index < -0.39 is 0 Å². The van der Waals surface area contributed by atoms with Crippen LogP contribution in [0.4, 0.5) is 11.4 Å². The van der Waals surface area contributed by atoms with Crippen LogP contribution in [-0.4, -0.2) is 60.0 Å². The van der Waals surface area contributed by atoms with E-state index in [0.29, 0.717) is 24.0 Å². The van der Waals surface area contributed by atoms with Crippen molar-refractivity contribution in [1.29, 1.82) is 0 Å². The number of likely N-dealkylation sites (N-methyl/N-ethyl adjacent to an activating group) is 1. The van der Waals surface area contributed by atoms with Crippen LogP contribution in [-0.2, 0) is 4.79 Å². The monoisotopic (exact) mass is 343 g/mol. The van der Waals surface area contributed by atoms with Crippen molar-refractivity contribution in [3.8, 4) is 0 Å². The van der Waals surface area contributed by atoms with Gasteiger partial charge in [0.25, 0.3) is 5.69 Å². The molecule has 3 rings (SSSR count). The van der Waals surface area contributed by atoms with E-state index in [2.05, 4.69) is 20.1 Å². The molecule has 1 saturated heterocycles. The van der Waals surface area contributed by atoms with Gasteiger partial charge in [0.2, 0.25) is 5.91 Å². The van der Waals surface area contributed by atoms with Crippen LogP contribution in [0.15, 0.2) is 30.5 Å². The minimum absolute atomic E-state index is 0.0402. The number of hydrogen-bond donors (Lipinski definition) is 1. The fourth-order valence-corrected chi connectivity index (χ4v) is 3.16. The Morgan fingerprint density at radius 1 is 1.28 bits per heavy atom.